The van der Waals surface area contributed by atoms with Gasteiger partial charge in [0, 0.05) is 10.5 Å². The number of halogens is 1. The Hall–Kier alpha value is -2.91. The van der Waals surface area contributed by atoms with Crippen LogP contribution < -0.4 is 10.1 Å². The van der Waals surface area contributed by atoms with E-state index in [-0.39, 0.29) is 10.1 Å². The minimum Gasteiger partial charge on any atom is -0.489 e. The summed E-state index contributed by atoms with van der Waals surface area (Å²) in [6, 6.07) is 15.3. The zero-order chi connectivity index (χ0) is 20.6. The number of carbonyl (C=O) groups excluding carboxylic acids is 2. The number of hydrogen-bond donors (Lipinski definition) is 1. The van der Waals surface area contributed by atoms with Crippen LogP contribution in [0.15, 0.2) is 74.2 Å². The van der Waals surface area contributed by atoms with Gasteiger partial charge in [-0.1, -0.05) is 40.2 Å². The van der Waals surface area contributed by atoms with E-state index in [1.54, 1.807) is 6.21 Å². The molecule has 0 spiro atoms. The minimum atomic E-state index is -0.604. The average Bonchev–Trinajstić information content (AvgIpc) is 3.07. The number of ether oxygens (including phenoxy) is 2. The molecule has 3 rings (SSSR count). The van der Waals surface area contributed by atoms with Gasteiger partial charge in [-0.2, -0.15) is 5.10 Å². The van der Waals surface area contributed by atoms with Crippen molar-refractivity contribution in [2.24, 2.45) is 10.2 Å². The molecule has 1 amide bonds. The van der Waals surface area contributed by atoms with Crippen molar-refractivity contribution >= 4 is 51.0 Å². The SMILES string of the molecule is COC(=O)/C=C1/S/C(=N\N=Cc2cccc(OCc3ccc(Br)cc3)c2)NC1=O. The summed E-state index contributed by atoms with van der Waals surface area (Å²) < 4.78 is 11.3. The zero-order valence-corrected chi connectivity index (χ0v) is 17.7. The second-order valence-electron chi connectivity index (χ2n) is 5.73. The molecular weight excluding hydrogens is 458 g/mol. The van der Waals surface area contributed by atoms with E-state index < -0.39 is 11.9 Å². The number of amides is 1. The molecule has 1 heterocycles. The maximum atomic E-state index is 11.8. The highest BCUT2D eigenvalue weighted by Crippen LogP contribution is 2.23. The fraction of sp³-hybridized carbons (Fsp3) is 0.100. The molecule has 29 heavy (non-hydrogen) atoms. The van der Waals surface area contributed by atoms with E-state index in [0.29, 0.717) is 12.4 Å². The first-order valence-corrected chi connectivity index (χ1v) is 10.0. The van der Waals surface area contributed by atoms with E-state index in [2.05, 4.69) is 36.2 Å². The summed E-state index contributed by atoms with van der Waals surface area (Å²) in [5, 5.41) is 10.8. The van der Waals surface area contributed by atoms with Crippen LogP contribution in [0.4, 0.5) is 0 Å². The Morgan fingerprint density at radius 3 is 2.79 bits per heavy atom. The lowest BCUT2D eigenvalue weighted by atomic mass is 10.2. The first-order valence-electron chi connectivity index (χ1n) is 8.40. The van der Waals surface area contributed by atoms with Crippen LogP contribution in [0.5, 0.6) is 5.75 Å². The van der Waals surface area contributed by atoms with Crippen molar-refractivity contribution in [2.75, 3.05) is 7.11 Å². The number of carbonyl (C=O) groups is 2. The summed E-state index contributed by atoms with van der Waals surface area (Å²) in [6.45, 7) is 0.453. The molecule has 2 aromatic carbocycles. The monoisotopic (exact) mass is 473 g/mol. The first kappa shape index (κ1) is 20.8. The van der Waals surface area contributed by atoms with Crippen molar-refractivity contribution in [2.45, 2.75) is 6.61 Å². The number of thioether (sulfide) groups is 1. The van der Waals surface area contributed by atoms with Crippen molar-refractivity contribution < 1.29 is 19.1 Å². The molecule has 1 saturated heterocycles. The Morgan fingerprint density at radius 2 is 2.03 bits per heavy atom. The molecule has 1 fully saturated rings. The number of nitrogens with one attached hydrogen (secondary N) is 1. The molecule has 0 atom stereocenters. The van der Waals surface area contributed by atoms with Crippen LogP contribution in [0.1, 0.15) is 11.1 Å². The van der Waals surface area contributed by atoms with Crippen LogP contribution >= 0.6 is 27.7 Å². The average molecular weight is 474 g/mol. The largest absolute Gasteiger partial charge is 0.489 e. The molecule has 148 valence electrons. The van der Waals surface area contributed by atoms with Crippen LogP contribution in [0.3, 0.4) is 0 Å². The number of hydrogen-bond acceptors (Lipinski definition) is 7. The van der Waals surface area contributed by atoms with Gasteiger partial charge in [0.2, 0.25) is 0 Å². The molecule has 9 heteroatoms. The van der Waals surface area contributed by atoms with E-state index in [4.69, 9.17) is 4.74 Å². The Bertz CT molecular complexity index is 1000. The van der Waals surface area contributed by atoms with E-state index in [0.717, 1.165) is 33.4 Å². The van der Waals surface area contributed by atoms with Crippen molar-refractivity contribution in [3.05, 3.63) is 75.1 Å². The summed E-state index contributed by atoms with van der Waals surface area (Å²) in [5.74, 6) is -0.318. The maximum Gasteiger partial charge on any atom is 0.331 e. The molecule has 0 radical (unpaired) electrons. The van der Waals surface area contributed by atoms with E-state index >= 15 is 0 Å². The highest BCUT2D eigenvalue weighted by atomic mass is 79.9. The molecule has 2 aromatic rings. The predicted molar refractivity (Wildman–Crippen MR) is 116 cm³/mol. The highest BCUT2D eigenvalue weighted by Gasteiger charge is 2.24. The summed E-state index contributed by atoms with van der Waals surface area (Å²) in [7, 11) is 1.24. The third-order valence-corrected chi connectivity index (χ3v) is 5.06. The summed E-state index contributed by atoms with van der Waals surface area (Å²) >= 11 is 4.42. The smallest absolute Gasteiger partial charge is 0.331 e. The summed E-state index contributed by atoms with van der Waals surface area (Å²) in [6.07, 6.45) is 2.66. The summed E-state index contributed by atoms with van der Waals surface area (Å²) in [5.41, 5.74) is 1.85. The van der Waals surface area contributed by atoms with Gasteiger partial charge in [-0.05, 0) is 47.2 Å². The van der Waals surface area contributed by atoms with Crippen molar-refractivity contribution in [3.8, 4) is 5.75 Å². The summed E-state index contributed by atoms with van der Waals surface area (Å²) in [4.78, 5) is 23.2. The van der Waals surface area contributed by atoms with Gasteiger partial charge in [0.25, 0.3) is 5.91 Å². The van der Waals surface area contributed by atoms with E-state index in [9.17, 15) is 9.59 Å². The molecule has 0 bridgehead atoms. The molecule has 0 aliphatic carbocycles. The Labute approximate surface area is 180 Å². The lowest BCUT2D eigenvalue weighted by Crippen LogP contribution is -2.19. The molecule has 0 unspecified atom stereocenters. The number of methoxy groups -OCH3 is 1. The fourth-order valence-corrected chi connectivity index (χ4v) is 3.22. The van der Waals surface area contributed by atoms with Crippen LogP contribution in [-0.4, -0.2) is 30.4 Å². The normalized spacial score (nSPS) is 16.4. The van der Waals surface area contributed by atoms with Gasteiger partial charge in [0.05, 0.1) is 18.2 Å². The van der Waals surface area contributed by atoms with Gasteiger partial charge in [-0.15, -0.1) is 5.10 Å². The minimum absolute atomic E-state index is 0.203. The highest BCUT2D eigenvalue weighted by molar-refractivity contribution is 9.10. The maximum absolute atomic E-state index is 11.8. The lowest BCUT2D eigenvalue weighted by Gasteiger charge is -2.07. The molecular formula is C20H16BrN3O4S. The van der Waals surface area contributed by atoms with Crippen LogP contribution in [-0.2, 0) is 20.9 Å². The third kappa shape index (κ3) is 6.30. The van der Waals surface area contributed by atoms with Crippen molar-refractivity contribution in [1.29, 1.82) is 0 Å². The standard InChI is InChI=1S/C20H16BrN3O4S/c1-27-18(25)10-17-19(26)23-20(29-17)24-22-11-14-3-2-4-16(9-14)28-12-13-5-7-15(21)8-6-13/h2-11H,12H2,1H3,(H,23,24,26)/b17-10+,22-11?. The zero-order valence-electron chi connectivity index (χ0n) is 15.3. The quantitative estimate of drug-likeness (QED) is 0.299. The molecule has 1 aliphatic rings. The second-order valence-corrected chi connectivity index (χ2v) is 7.67. The van der Waals surface area contributed by atoms with Crippen LogP contribution in [0, 0.1) is 0 Å². The van der Waals surface area contributed by atoms with Gasteiger partial charge in [-0.25, -0.2) is 4.79 Å². The number of esters is 1. The van der Waals surface area contributed by atoms with E-state index in [1.165, 1.54) is 7.11 Å². The Kier molecular flexibility index (Phi) is 7.20. The van der Waals surface area contributed by atoms with Gasteiger partial charge in [-0.3, -0.25) is 10.1 Å². The first-order chi connectivity index (χ1) is 14.0. The van der Waals surface area contributed by atoms with Crippen LogP contribution in [0.2, 0.25) is 0 Å². The topological polar surface area (TPSA) is 89.3 Å². The van der Waals surface area contributed by atoms with E-state index in [1.807, 2.05) is 48.5 Å². The third-order valence-electron chi connectivity index (χ3n) is 3.63. The van der Waals surface area contributed by atoms with Gasteiger partial charge in [0.15, 0.2) is 5.17 Å². The van der Waals surface area contributed by atoms with Gasteiger partial charge >= 0.3 is 5.97 Å². The number of benzene rings is 2. The molecule has 0 aromatic heterocycles. The molecule has 1 N–H and O–H groups in total. The number of nitrogens with zero attached hydrogens (tertiary/aromatic N) is 2. The Balaban J connectivity index is 1.60. The number of rotatable bonds is 6. The molecule has 1 aliphatic heterocycles. The van der Waals surface area contributed by atoms with Crippen molar-refractivity contribution in [3.63, 3.8) is 0 Å². The van der Waals surface area contributed by atoms with Gasteiger partial charge in [0.1, 0.15) is 12.4 Å². The second kappa shape index (κ2) is 10.0. The van der Waals surface area contributed by atoms with Crippen LogP contribution in [0.25, 0.3) is 0 Å². The van der Waals surface area contributed by atoms with Crippen molar-refractivity contribution in [1.82, 2.24) is 5.32 Å². The van der Waals surface area contributed by atoms with Gasteiger partial charge < -0.3 is 9.47 Å². The fourth-order valence-electron chi connectivity index (χ4n) is 2.22. The lowest BCUT2D eigenvalue weighted by molar-refractivity contribution is -0.135. The molecule has 0 saturated carbocycles. The molecule has 7 nitrogen and oxygen atoms in total. The Morgan fingerprint density at radius 1 is 1.24 bits per heavy atom. The predicted octanol–water partition coefficient (Wildman–Crippen LogP) is 3.64. The number of amidine groups is 1.